The minimum Gasteiger partial charge on any atom is -0.308 e. The third kappa shape index (κ3) is 2.81. The van der Waals surface area contributed by atoms with Gasteiger partial charge in [-0.3, -0.25) is 4.79 Å². The second-order valence-electron chi connectivity index (χ2n) is 7.17. The number of carbonyl (C=O) groups excluding carboxylic acids is 1. The van der Waals surface area contributed by atoms with E-state index in [2.05, 4.69) is 4.72 Å². The highest BCUT2D eigenvalue weighted by Crippen LogP contribution is 2.40. The highest BCUT2D eigenvalue weighted by atomic mass is 32.2. The van der Waals surface area contributed by atoms with Crippen LogP contribution in [0.3, 0.4) is 0 Å². The summed E-state index contributed by atoms with van der Waals surface area (Å²) in [6, 6.07) is 8.75. The summed E-state index contributed by atoms with van der Waals surface area (Å²) < 4.78 is 29.1. The summed E-state index contributed by atoms with van der Waals surface area (Å²) in [6.07, 6.45) is 6.27. The minimum absolute atomic E-state index is 0.000639. The van der Waals surface area contributed by atoms with Gasteiger partial charge in [-0.1, -0.05) is 37.8 Å². The van der Waals surface area contributed by atoms with Gasteiger partial charge in [0.05, 0.1) is 10.6 Å². The largest absolute Gasteiger partial charge is 0.308 e. The molecule has 6 heteroatoms. The van der Waals surface area contributed by atoms with Crippen molar-refractivity contribution in [2.75, 3.05) is 11.4 Å². The van der Waals surface area contributed by atoms with Crippen LogP contribution >= 0.6 is 0 Å². The SMILES string of the molecule is CCN1C(=O)c2cccc3c(S(=O)(=O)NC4CCCCCC4)ccc1c23. The molecule has 26 heavy (non-hydrogen) atoms. The number of anilines is 1. The molecule has 4 rings (SSSR count). The first kappa shape index (κ1) is 17.5. The van der Waals surface area contributed by atoms with Gasteiger partial charge in [0.2, 0.25) is 10.0 Å². The maximum absolute atomic E-state index is 13.1. The lowest BCUT2D eigenvalue weighted by Gasteiger charge is -2.18. The summed E-state index contributed by atoms with van der Waals surface area (Å²) in [5, 5.41) is 1.38. The summed E-state index contributed by atoms with van der Waals surface area (Å²) in [5.74, 6) is -0.0561. The molecule has 0 unspecified atom stereocenters. The average molecular weight is 372 g/mol. The molecule has 0 spiro atoms. The Morgan fingerprint density at radius 2 is 1.81 bits per heavy atom. The molecule has 2 aliphatic rings. The van der Waals surface area contributed by atoms with Gasteiger partial charge in [0.1, 0.15) is 0 Å². The van der Waals surface area contributed by atoms with Crippen LogP contribution in [-0.2, 0) is 10.0 Å². The molecule has 1 N–H and O–H groups in total. The predicted molar refractivity (Wildman–Crippen MR) is 103 cm³/mol. The zero-order valence-corrected chi connectivity index (χ0v) is 15.8. The Labute approximate surface area is 154 Å². The van der Waals surface area contributed by atoms with Crippen LogP contribution in [0.15, 0.2) is 35.2 Å². The van der Waals surface area contributed by atoms with Crippen molar-refractivity contribution in [1.29, 1.82) is 0 Å². The standard InChI is InChI=1S/C20H24N2O3S/c1-2-22-17-12-13-18(15-10-7-11-16(19(15)17)20(22)23)26(24,25)21-14-8-5-3-4-6-9-14/h7,10-14,21H,2-6,8-9H2,1H3. The van der Waals surface area contributed by atoms with Crippen molar-refractivity contribution < 1.29 is 13.2 Å². The number of nitrogens with zero attached hydrogens (tertiary/aromatic N) is 1. The predicted octanol–water partition coefficient (Wildman–Crippen LogP) is 3.82. The van der Waals surface area contributed by atoms with E-state index < -0.39 is 10.0 Å². The zero-order valence-electron chi connectivity index (χ0n) is 15.0. The molecular weight excluding hydrogens is 348 g/mol. The Hall–Kier alpha value is -1.92. The third-order valence-electron chi connectivity index (χ3n) is 5.53. The van der Waals surface area contributed by atoms with Crippen LogP contribution in [0.4, 0.5) is 5.69 Å². The Balaban J connectivity index is 1.78. The summed E-state index contributed by atoms with van der Waals surface area (Å²) in [4.78, 5) is 14.6. The second-order valence-corrected chi connectivity index (χ2v) is 8.85. The number of sulfonamides is 1. The van der Waals surface area contributed by atoms with Crippen molar-refractivity contribution in [3.8, 4) is 0 Å². The van der Waals surface area contributed by atoms with Crippen molar-refractivity contribution in [2.45, 2.75) is 56.4 Å². The van der Waals surface area contributed by atoms with Crippen molar-refractivity contribution in [2.24, 2.45) is 0 Å². The van der Waals surface area contributed by atoms with Crippen molar-refractivity contribution in [3.05, 3.63) is 35.9 Å². The van der Waals surface area contributed by atoms with E-state index in [1.807, 2.05) is 6.92 Å². The molecular formula is C20H24N2O3S. The Morgan fingerprint density at radius 1 is 1.08 bits per heavy atom. The topological polar surface area (TPSA) is 66.5 Å². The van der Waals surface area contributed by atoms with Gasteiger partial charge < -0.3 is 4.90 Å². The van der Waals surface area contributed by atoms with E-state index in [9.17, 15) is 13.2 Å². The lowest BCUT2D eigenvalue weighted by molar-refractivity contribution is 0.0994. The molecule has 1 heterocycles. The quantitative estimate of drug-likeness (QED) is 0.830. The number of nitrogens with one attached hydrogen (secondary N) is 1. The molecule has 0 aromatic heterocycles. The van der Waals surface area contributed by atoms with E-state index in [1.165, 1.54) is 12.8 Å². The van der Waals surface area contributed by atoms with Gasteiger partial charge in [-0.2, -0.15) is 0 Å². The molecule has 1 fully saturated rings. The van der Waals surface area contributed by atoms with Crippen LogP contribution in [0.2, 0.25) is 0 Å². The first-order valence-corrected chi connectivity index (χ1v) is 10.9. The maximum atomic E-state index is 13.1. The van der Waals surface area contributed by atoms with Crippen LogP contribution in [0, 0.1) is 0 Å². The molecule has 1 aliphatic heterocycles. The fourth-order valence-corrected chi connectivity index (χ4v) is 5.76. The van der Waals surface area contributed by atoms with E-state index in [4.69, 9.17) is 0 Å². The molecule has 5 nitrogen and oxygen atoms in total. The molecule has 2 aromatic carbocycles. The van der Waals surface area contributed by atoms with Gasteiger partial charge in [0, 0.05) is 28.9 Å². The third-order valence-corrected chi connectivity index (χ3v) is 7.11. The summed E-state index contributed by atoms with van der Waals surface area (Å²) in [5.41, 5.74) is 1.39. The van der Waals surface area contributed by atoms with Crippen LogP contribution in [0.5, 0.6) is 0 Å². The monoisotopic (exact) mass is 372 g/mol. The highest BCUT2D eigenvalue weighted by molar-refractivity contribution is 7.89. The highest BCUT2D eigenvalue weighted by Gasteiger charge is 2.32. The Bertz CT molecular complexity index is 960. The summed E-state index contributed by atoms with van der Waals surface area (Å²) in [6.45, 7) is 2.49. The first-order valence-electron chi connectivity index (χ1n) is 9.43. The Morgan fingerprint density at radius 3 is 2.50 bits per heavy atom. The van der Waals surface area contributed by atoms with Gasteiger partial charge >= 0.3 is 0 Å². The molecule has 2 aromatic rings. The average Bonchev–Trinajstić information content (AvgIpc) is 2.78. The molecule has 0 bridgehead atoms. The van der Waals surface area contributed by atoms with Crippen LogP contribution in [-0.4, -0.2) is 26.9 Å². The van der Waals surface area contributed by atoms with Gasteiger partial charge in [0.15, 0.2) is 0 Å². The molecule has 0 saturated heterocycles. The number of hydrogen-bond donors (Lipinski definition) is 1. The number of carbonyl (C=O) groups is 1. The number of hydrogen-bond acceptors (Lipinski definition) is 3. The van der Waals surface area contributed by atoms with Gasteiger partial charge in [-0.05, 0) is 38.0 Å². The smallest absolute Gasteiger partial charge is 0.258 e. The normalized spacial score (nSPS) is 18.5. The molecule has 1 amide bonds. The molecule has 0 radical (unpaired) electrons. The zero-order chi connectivity index (χ0) is 18.3. The fraction of sp³-hybridized carbons (Fsp3) is 0.450. The van der Waals surface area contributed by atoms with Crippen molar-refractivity contribution in [1.82, 2.24) is 4.72 Å². The first-order chi connectivity index (χ1) is 12.5. The van der Waals surface area contributed by atoms with Crippen molar-refractivity contribution in [3.63, 3.8) is 0 Å². The van der Waals surface area contributed by atoms with Crippen LogP contribution in [0.25, 0.3) is 10.8 Å². The van der Waals surface area contributed by atoms with Gasteiger partial charge in [0.25, 0.3) is 5.91 Å². The fourth-order valence-electron chi connectivity index (χ4n) is 4.25. The summed E-state index contributed by atoms with van der Waals surface area (Å²) >= 11 is 0. The Kier molecular flexibility index (Phi) is 4.49. The van der Waals surface area contributed by atoms with E-state index in [0.717, 1.165) is 36.8 Å². The van der Waals surface area contributed by atoms with Crippen LogP contribution < -0.4 is 9.62 Å². The molecule has 1 aliphatic carbocycles. The van der Waals surface area contributed by atoms with Gasteiger partial charge in [-0.15, -0.1) is 0 Å². The van der Waals surface area contributed by atoms with E-state index in [-0.39, 0.29) is 16.8 Å². The van der Waals surface area contributed by atoms with E-state index in [0.29, 0.717) is 17.5 Å². The number of rotatable bonds is 4. The number of amides is 1. The lowest BCUT2D eigenvalue weighted by atomic mass is 10.1. The lowest BCUT2D eigenvalue weighted by Crippen LogP contribution is -2.34. The number of benzene rings is 2. The minimum atomic E-state index is -3.63. The second kappa shape index (κ2) is 6.67. The summed E-state index contributed by atoms with van der Waals surface area (Å²) in [7, 11) is -3.63. The van der Waals surface area contributed by atoms with Crippen molar-refractivity contribution >= 4 is 32.4 Å². The molecule has 0 atom stereocenters. The molecule has 1 saturated carbocycles. The van der Waals surface area contributed by atoms with E-state index >= 15 is 0 Å². The molecule has 138 valence electrons. The van der Waals surface area contributed by atoms with Crippen LogP contribution in [0.1, 0.15) is 55.8 Å². The maximum Gasteiger partial charge on any atom is 0.258 e. The van der Waals surface area contributed by atoms with E-state index in [1.54, 1.807) is 35.2 Å². The van der Waals surface area contributed by atoms with Gasteiger partial charge in [-0.25, -0.2) is 13.1 Å².